The van der Waals surface area contributed by atoms with Gasteiger partial charge in [-0.05, 0) is 50.8 Å². The fourth-order valence-electron chi connectivity index (χ4n) is 3.54. The van der Waals surface area contributed by atoms with E-state index in [1.165, 1.54) is 16.7 Å². The van der Waals surface area contributed by atoms with E-state index in [2.05, 4.69) is 51.7 Å². The largest absolute Gasteiger partial charge is 0.387 e. The average Bonchev–Trinajstić information content (AvgIpc) is 2.37. The van der Waals surface area contributed by atoms with Crippen molar-refractivity contribution >= 4 is 0 Å². The Morgan fingerprint density at radius 3 is 2.48 bits per heavy atom. The number of aliphatic hydroxyl groups excluding tert-OH is 1. The lowest BCUT2D eigenvalue weighted by atomic mass is 9.95. The predicted molar refractivity (Wildman–Crippen MR) is 86.7 cm³/mol. The number of aliphatic hydroxyl groups is 1. The van der Waals surface area contributed by atoms with Gasteiger partial charge in [0, 0.05) is 19.1 Å². The van der Waals surface area contributed by atoms with Crippen LogP contribution in [0.15, 0.2) is 12.1 Å². The van der Waals surface area contributed by atoms with Gasteiger partial charge < -0.3 is 9.84 Å². The van der Waals surface area contributed by atoms with Crippen LogP contribution in [-0.4, -0.2) is 41.8 Å². The van der Waals surface area contributed by atoms with E-state index < -0.39 is 6.10 Å². The van der Waals surface area contributed by atoms with Crippen molar-refractivity contribution in [2.24, 2.45) is 0 Å². The third-order valence-corrected chi connectivity index (χ3v) is 4.53. The molecule has 3 nitrogen and oxygen atoms in total. The van der Waals surface area contributed by atoms with Gasteiger partial charge in [-0.2, -0.15) is 0 Å². The number of morpholine rings is 1. The quantitative estimate of drug-likeness (QED) is 0.925. The normalized spacial score (nSPS) is 25.0. The molecule has 0 bridgehead atoms. The third kappa shape index (κ3) is 3.85. The van der Waals surface area contributed by atoms with Gasteiger partial charge in [0.05, 0.1) is 18.8 Å². The molecule has 3 atom stereocenters. The predicted octanol–water partition coefficient (Wildman–Crippen LogP) is 3.14. The molecule has 0 aromatic heterocycles. The summed E-state index contributed by atoms with van der Waals surface area (Å²) in [6, 6.07) is 4.73. The van der Waals surface area contributed by atoms with Gasteiger partial charge in [0.15, 0.2) is 0 Å². The molecule has 1 saturated heterocycles. The van der Waals surface area contributed by atoms with Crippen LogP contribution in [-0.2, 0) is 4.74 Å². The molecule has 118 valence electrons. The van der Waals surface area contributed by atoms with E-state index in [9.17, 15) is 5.11 Å². The molecule has 0 spiro atoms. The van der Waals surface area contributed by atoms with Crippen LogP contribution >= 0.6 is 0 Å². The molecular weight excluding hydrogens is 262 g/mol. The van der Waals surface area contributed by atoms with Crippen molar-refractivity contribution in [3.63, 3.8) is 0 Å². The molecule has 0 radical (unpaired) electrons. The smallest absolute Gasteiger partial charge is 0.0922 e. The van der Waals surface area contributed by atoms with Crippen LogP contribution < -0.4 is 0 Å². The Morgan fingerprint density at radius 2 is 1.90 bits per heavy atom. The first-order valence-electron chi connectivity index (χ1n) is 8.03. The van der Waals surface area contributed by atoms with E-state index >= 15 is 0 Å². The summed E-state index contributed by atoms with van der Waals surface area (Å²) < 4.78 is 5.74. The lowest BCUT2D eigenvalue weighted by Crippen LogP contribution is -2.49. The van der Waals surface area contributed by atoms with E-state index in [4.69, 9.17) is 4.74 Å². The van der Waals surface area contributed by atoms with Gasteiger partial charge in [-0.25, -0.2) is 0 Å². The van der Waals surface area contributed by atoms with Crippen molar-refractivity contribution in [3.8, 4) is 0 Å². The van der Waals surface area contributed by atoms with Crippen LogP contribution in [0.4, 0.5) is 0 Å². The highest BCUT2D eigenvalue weighted by Crippen LogP contribution is 2.26. The fraction of sp³-hybridized carbons (Fsp3) is 0.667. The van der Waals surface area contributed by atoms with Crippen molar-refractivity contribution in [2.45, 2.75) is 59.3 Å². The van der Waals surface area contributed by atoms with Crippen LogP contribution in [0, 0.1) is 20.8 Å². The summed E-state index contributed by atoms with van der Waals surface area (Å²) in [7, 11) is 0. The van der Waals surface area contributed by atoms with Gasteiger partial charge in [-0.1, -0.05) is 24.6 Å². The van der Waals surface area contributed by atoms with E-state index in [1.807, 2.05) is 0 Å². The highest BCUT2D eigenvalue weighted by Gasteiger charge is 2.28. The number of β-amino-alcohol motifs (C(OH)–C–C–N with tert-alkyl or cyclic N) is 1. The van der Waals surface area contributed by atoms with Crippen molar-refractivity contribution < 1.29 is 9.84 Å². The number of hydrogen-bond donors (Lipinski definition) is 1. The second-order valence-electron chi connectivity index (χ2n) is 6.49. The van der Waals surface area contributed by atoms with E-state index in [1.54, 1.807) is 0 Å². The van der Waals surface area contributed by atoms with Crippen molar-refractivity contribution in [2.75, 3.05) is 19.7 Å². The van der Waals surface area contributed by atoms with Gasteiger partial charge in [0.2, 0.25) is 0 Å². The maximum absolute atomic E-state index is 10.7. The molecule has 3 heteroatoms. The molecule has 1 aromatic carbocycles. The third-order valence-electron chi connectivity index (χ3n) is 4.53. The Labute approximate surface area is 128 Å². The van der Waals surface area contributed by atoms with Gasteiger partial charge >= 0.3 is 0 Å². The Kier molecular flexibility index (Phi) is 5.42. The second kappa shape index (κ2) is 6.91. The van der Waals surface area contributed by atoms with Gasteiger partial charge in [0.25, 0.3) is 0 Å². The zero-order valence-corrected chi connectivity index (χ0v) is 14.0. The maximum Gasteiger partial charge on any atom is 0.0922 e. The summed E-state index contributed by atoms with van der Waals surface area (Å²) in [4.78, 5) is 2.39. The van der Waals surface area contributed by atoms with Crippen LogP contribution in [0.5, 0.6) is 0 Å². The number of rotatable bonds is 4. The number of nitrogens with zero attached hydrogens (tertiary/aromatic N) is 1. The van der Waals surface area contributed by atoms with Crippen LogP contribution in [0.2, 0.25) is 0 Å². The number of benzene rings is 1. The van der Waals surface area contributed by atoms with Crippen molar-refractivity contribution in [1.82, 2.24) is 4.90 Å². The maximum atomic E-state index is 10.7. The molecule has 0 amide bonds. The van der Waals surface area contributed by atoms with Crippen molar-refractivity contribution in [1.29, 1.82) is 0 Å². The molecule has 1 N–H and O–H groups in total. The minimum absolute atomic E-state index is 0.250. The topological polar surface area (TPSA) is 32.7 Å². The number of hydrogen-bond acceptors (Lipinski definition) is 3. The summed E-state index contributed by atoms with van der Waals surface area (Å²) in [6.45, 7) is 13.0. The molecule has 1 aromatic rings. The average molecular weight is 291 g/mol. The Balaban J connectivity index is 2.15. The van der Waals surface area contributed by atoms with Crippen LogP contribution in [0.3, 0.4) is 0 Å². The summed E-state index contributed by atoms with van der Waals surface area (Å²) in [5.41, 5.74) is 4.73. The minimum Gasteiger partial charge on any atom is -0.387 e. The molecule has 0 saturated carbocycles. The first-order valence-corrected chi connectivity index (χ1v) is 8.03. The van der Waals surface area contributed by atoms with E-state index in [0.717, 1.165) is 25.1 Å². The van der Waals surface area contributed by atoms with Gasteiger partial charge in [-0.15, -0.1) is 0 Å². The van der Waals surface area contributed by atoms with Gasteiger partial charge in [-0.3, -0.25) is 4.90 Å². The molecule has 21 heavy (non-hydrogen) atoms. The van der Waals surface area contributed by atoms with Crippen LogP contribution in [0.25, 0.3) is 0 Å². The van der Waals surface area contributed by atoms with Crippen molar-refractivity contribution in [3.05, 3.63) is 34.4 Å². The lowest BCUT2D eigenvalue weighted by molar-refractivity contribution is -0.0682. The Hall–Kier alpha value is -0.900. The number of ether oxygens (including phenoxy) is 1. The van der Waals surface area contributed by atoms with Crippen LogP contribution in [0.1, 0.15) is 48.6 Å². The first kappa shape index (κ1) is 16.5. The SMILES string of the molecule is CCC1COC(C)CN1CC(O)c1c(C)cc(C)cc1C. The summed E-state index contributed by atoms with van der Waals surface area (Å²) in [6.07, 6.45) is 0.885. The van der Waals surface area contributed by atoms with E-state index in [0.29, 0.717) is 12.6 Å². The highest BCUT2D eigenvalue weighted by molar-refractivity contribution is 5.39. The molecule has 0 aliphatic carbocycles. The first-order chi connectivity index (χ1) is 9.92. The molecular formula is C18H29NO2. The van der Waals surface area contributed by atoms with Gasteiger partial charge in [0.1, 0.15) is 0 Å². The molecule has 3 unspecified atom stereocenters. The Bertz CT molecular complexity index is 463. The zero-order chi connectivity index (χ0) is 15.6. The molecule has 1 heterocycles. The van der Waals surface area contributed by atoms with E-state index in [-0.39, 0.29) is 6.10 Å². The summed E-state index contributed by atoms with van der Waals surface area (Å²) in [5, 5.41) is 10.7. The molecule has 2 rings (SSSR count). The molecule has 1 aliphatic heterocycles. The fourth-order valence-corrected chi connectivity index (χ4v) is 3.54. The summed E-state index contributed by atoms with van der Waals surface area (Å²) in [5.74, 6) is 0. The second-order valence-corrected chi connectivity index (χ2v) is 6.49. The zero-order valence-electron chi connectivity index (χ0n) is 14.0. The minimum atomic E-state index is -0.426. The monoisotopic (exact) mass is 291 g/mol. The summed E-state index contributed by atoms with van der Waals surface area (Å²) >= 11 is 0. The molecule has 1 aliphatic rings. The standard InChI is InChI=1S/C18H29NO2/c1-6-16-11-21-15(5)9-19(16)10-17(20)18-13(3)7-12(2)8-14(18)4/h7-8,15-17,20H,6,9-11H2,1-5H3. The number of aryl methyl sites for hydroxylation is 3. The molecule has 1 fully saturated rings. The Morgan fingerprint density at radius 1 is 1.29 bits per heavy atom. The highest BCUT2D eigenvalue weighted by atomic mass is 16.5. The lowest BCUT2D eigenvalue weighted by Gasteiger charge is -2.39.